The van der Waals surface area contributed by atoms with Crippen molar-refractivity contribution in [2.45, 2.75) is 11.8 Å². The van der Waals surface area contributed by atoms with E-state index in [2.05, 4.69) is 14.9 Å². The molecular weight excluding hydrogens is 300 g/mol. The molecule has 0 aliphatic carbocycles. The zero-order valence-corrected chi connectivity index (χ0v) is 11.8. The van der Waals surface area contributed by atoms with E-state index >= 15 is 0 Å². The van der Waals surface area contributed by atoms with Gasteiger partial charge in [-0.2, -0.15) is 5.10 Å². The van der Waals surface area contributed by atoms with Crippen molar-refractivity contribution in [2.75, 3.05) is 11.3 Å². The van der Waals surface area contributed by atoms with E-state index in [1.807, 2.05) is 0 Å². The number of H-pyrrole nitrogens is 1. The summed E-state index contributed by atoms with van der Waals surface area (Å²) in [7, 11) is -3.94. The maximum Gasteiger partial charge on any atom is 0.297 e. The number of nitro benzene ring substituents is 1. The monoisotopic (exact) mass is 312 g/mol. The van der Waals surface area contributed by atoms with Crippen LogP contribution in [0.4, 0.5) is 11.4 Å². The summed E-state index contributed by atoms with van der Waals surface area (Å²) in [5.74, 6) is 0.287. The van der Waals surface area contributed by atoms with Crippen molar-refractivity contribution in [3.8, 4) is 5.75 Å². The van der Waals surface area contributed by atoms with Gasteiger partial charge in [0, 0.05) is 6.20 Å². The Hall–Kier alpha value is -2.62. The van der Waals surface area contributed by atoms with E-state index in [1.165, 1.54) is 18.3 Å². The Morgan fingerprint density at radius 1 is 1.48 bits per heavy atom. The summed E-state index contributed by atoms with van der Waals surface area (Å²) >= 11 is 0. The number of aromatic amines is 1. The van der Waals surface area contributed by atoms with Gasteiger partial charge in [0.15, 0.2) is 0 Å². The lowest BCUT2D eigenvalue weighted by atomic mass is 10.2. The van der Waals surface area contributed by atoms with Gasteiger partial charge in [0.25, 0.3) is 15.7 Å². The molecule has 0 atom stereocenters. The minimum atomic E-state index is -3.94. The lowest BCUT2D eigenvalue weighted by Crippen LogP contribution is -2.13. The summed E-state index contributed by atoms with van der Waals surface area (Å²) in [5, 5.41) is 16.9. The minimum Gasteiger partial charge on any atom is -0.494 e. The van der Waals surface area contributed by atoms with Crippen molar-refractivity contribution in [1.29, 1.82) is 0 Å². The molecule has 2 aromatic rings. The fourth-order valence-corrected chi connectivity index (χ4v) is 2.57. The molecule has 0 radical (unpaired) electrons. The first-order valence-electron chi connectivity index (χ1n) is 5.87. The molecule has 9 nitrogen and oxygen atoms in total. The van der Waals surface area contributed by atoms with E-state index in [-0.39, 0.29) is 16.3 Å². The number of aromatic nitrogens is 2. The fraction of sp³-hybridized carbons (Fsp3) is 0.182. The van der Waals surface area contributed by atoms with Crippen molar-refractivity contribution >= 4 is 21.4 Å². The van der Waals surface area contributed by atoms with Gasteiger partial charge in [0.05, 0.1) is 23.8 Å². The Morgan fingerprint density at radius 2 is 2.24 bits per heavy atom. The lowest BCUT2D eigenvalue weighted by Gasteiger charge is -2.08. The third kappa shape index (κ3) is 3.28. The van der Waals surface area contributed by atoms with Gasteiger partial charge in [-0.15, -0.1) is 0 Å². The summed E-state index contributed by atoms with van der Waals surface area (Å²) < 4.78 is 31.4. The van der Waals surface area contributed by atoms with Gasteiger partial charge < -0.3 is 4.74 Å². The van der Waals surface area contributed by atoms with Crippen LogP contribution in [-0.4, -0.2) is 30.1 Å². The highest BCUT2D eigenvalue weighted by atomic mass is 32.2. The molecule has 1 aromatic heterocycles. The number of nitrogens with zero attached hydrogens (tertiary/aromatic N) is 2. The average Bonchev–Trinajstić information content (AvgIpc) is 2.95. The van der Waals surface area contributed by atoms with Crippen molar-refractivity contribution in [2.24, 2.45) is 0 Å². The van der Waals surface area contributed by atoms with Crippen LogP contribution in [0, 0.1) is 10.1 Å². The standard InChI is InChI=1S/C11H12N4O5S/c1-2-20-8-3-4-10(11(5-8)15(16)17)14-21(18,19)9-6-12-13-7-9/h3-7,14H,2H2,1H3,(H,12,13). The smallest absolute Gasteiger partial charge is 0.297 e. The summed E-state index contributed by atoms with van der Waals surface area (Å²) in [6, 6.07) is 3.89. The minimum absolute atomic E-state index is 0.120. The van der Waals surface area contributed by atoms with E-state index < -0.39 is 20.6 Å². The summed E-state index contributed by atoms with van der Waals surface area (Å²) in [5.41, 5.74) is -0.544. The normalized spacial score (nSPS) is 11.1. The van der Waals surface area contributed by atoms with Crippen LogP contribution in [0.1, 0.15) is 6.92 Å². The topological polar surface area (TPSA) is 127 Å². The SMILES string of the molecule is CCOc1ccc(NS(=O)(=O)c2cn[nH]c2)c([N+](=O)[O-])c1. The first-order valence-corrected chi connectivity index (χ1v) is 7.35. The second-order valence-electron chi connectivity index (χ2n) is 3.91. The average molecular weight is 312 g/mol. The second kappa shape index (κ2) is 5.79. The Labute approximate surface area is 120 Å². The third-order valence-electron chi connectivity index (χ3n) is 2.50. The number of nitro groups is 1. The van der Waals surface area contributed by atoms with Crippen LogP contribution in [0.25, 0.3) is 0 Å². The molecule has 0 aliphatic rings. The number of sulfonamides is 1. The molecule has 0 bridgehead atoms. The van der Waals surface area contributed by atoms with Crippen molar-refractivity contribution in [3.63, 3.8) is 0 Å². The highest BCUT2D eigenvalue weighted by Crippen LogP contribution is 2.30. The number of anilines is 1. The first kappa shape index (κ1) is 14.8. The highest BCUT2D eigenvalue weighted by molar-refractivity contribution is 7.92. The lowest BCUT2D eigenvalue weighted by molar-refractivity contribution is -0.384. The number of ether oxygens (including phenoxy) is 1. The Balaban J connectivity index is 2.38. The van der Waals surface area contributed by atoms with E-state index in [0.29, 0.717) is 6.61 Å². The van der Waals surface area contributed by atoms with Crippen LogP contribution in [0.15, 0.2) is 35.5 Å². The molecule has 0 spiro atoms. The second-order valence-corrected chi connectivity index (χ2v) is 5.59. The molecule has 0 aliphatic heterocycles. The van der Waals surface area contributed by atoms with Gasteiger partial charge in [-0.3, -0.25) is 19.9 Å². The predicted molar refractivity (Wildman–Crippen MR) is 73.7 cm³/mol. The van der Waals surface area contributed by atoms with Crippen LogP contribution in [0.3, 0.4) is 0 Å². The molecule has 0 fully saturated rings. The number of hydrogen-bond acceptors (Lipinski definition) is 6. The Morgan fingerprint density at radius 3 is 2.81 bits per heavy atom. The molecule has 112 valence electrons. The maximum atomic E-state index is 12.0. The third-order valence-corrected chi connectivity index (χ3v) is 3.84. The van der Waals surface area contributed by atoms with Crippen molar-refractivity contribution in [3.05, 3.63) is 40.7 Å². The number of nitrogens with one attached hydrogen (secondary N) is 2. The molecule has 1 aromatic carbocycles. The molecule has 2 N–H and O–H groups in total. The number of benzene rings is 1. The predicted octanol–water partition coefficient (Wildman–Crippen LogP) is 1.52. The summed E-state index contributed by atoms with van der Waals surface area (Å²) in [6.07, 6.45) is 2.27. The largest absolute Gasteiger partial charge is 0.494 e. The van der Waals surface area contributed by atoms with Crippen LogP contribution in [-0.2, 0) is 10.0 Å². The van der Waals surface area contributed by atoms with Gasteiger partial charge in [0.1, 0.15) is 16.3 Å². The number of rotatable bonds is 6. The Bertz CT molecular complexity index is 742. The molecule has 0 saturated heterocycles. The van der Waals surface area contributed by atoms with Crippen LogP contribution < -0.4 is 9.46 Å². The van der Waals surface area contributed by atoms with E-state index in [1.54, 1.807) is 6.92 Å². The van der Waals surface area contributed by atoms with Crippen LogP contribution in [0.2, 0.25) is 0 Å². The van der Waals surface area contributed by atoms with Crippen LogP contribution in [0.5, 0.6) is 5.75 Å². The van der Waals surface area contributed by atoms with Crippen LogP contribution >= 0.6 is 0 Å². The zero-order valence-electron chi connectivity index (χ0n) is 10.9. The summed E-state index contributed by atoms with van der Waals surface area (Å²) in [6.45, 7) is 2.08. The molecule has 10 heteroatoms. The quantitative estimate of drug-likeness (QED) is 0.615. The van der Waals surface area contributed by atoms with Gasteiger partial charge in [-0.1, -0.05) is 0 Å². The highest BCUT2D eigenvalue weighted by Gasteiger charge is 2.22. The Kier molecular flexibility index (Phi) is 4.08. The number of hydrogen-bond donors (Lipinski definition) is 2. The molecular formula is C11H12N4O5S. The van der Waals surface area contributed by atoms with Gasteiger partial charge in [0.2, 0.25) is 0 Å². The van der Waals surface area contributed by atoms with E-state index in [9.17, 15) is 18.5 Å². The van der Waals surface area contributed by atoms with Gasteiger partial charge in [-0.05, 0) is 19.1 Å². The molecule has 2 rings (SSSR count). The molecule has 0 amide bonds. The first-order chi connectivity index (χ1) is 9.94. The molecule has 21 heavy (non-hydrogen) atoms. The van der Waals surface area contributed by atoms with Gasteiger partial charge in [-0.25, -0.2) is 8.42 Å². The molecule has 0 saturated carbocycles. The van der Waals surface area contributed by atoms with E-state index in [0.717, 1.165) is 12.3 Å². The molecule has 1 heterocycles. The van der Waals surface area contributed by atoms with Crippen molar-refractivity contribution < 1.29 is 18.1 Å². The van der Waals surface area contributed by atoms with Gasteiger partial charge >= 0.3 is 0 Å². The van der Waals surface area contributed by atoms with E-state index in [4.69, 9.17) is 4.74 Å². The zero-order chi connectivity index (χ0) is 15.5. The summed E-state index contributed by atoms with van der Waals surface area (Å²) in [4.78, 5) is 10.2. The maximum absolute atomic E-state index is 12.0. The molecule has 0 unspecified atom stereocenters. The van der Waals surface area contributed by atoms with Crippen molar-refractivity contribution in [1.82, 2.24) is 10.2 Å². The fourth-order valence-electron chi connectivity index (χ4n) is 1.59.